The standard InChI is InChI=1S/C15H17NO/c1-17-15-4-2-3-14(11-15)13-7-5-12(6-8-13)9-10-16/h2-8,11H,9-10,16H2,1H3. The van der Waals surface area contributed by atoms with E-state index in [4.69, 9.17) is 10.5 Å². The topological polar surface area (TPSA) is 35.2 Å². The minimum Gasteiger partial charge on any atom is -0.497 e. The lowest BCUT2D eigenvalue weighted by molar-refractivity contribution is 0.415. The molecule has 88 valence electrons. The molecule has 0 radical (unpaired) electrons. The third kappa shape index (κ3) is 2.86. The fraction of sp³-hybridized carbons (Fsp3) is 0.200. The van der Waals surface area contributed by atoms with E-state index in [-0.39, 0.29) is 0 Å². The van der Waals surface area contributed by atoms with Gasteiger partial charge in [0.25, 0.3) is 0 Å². The molecule has 0 atom stereocenters. The highest BCUT2D eigenvalue weighted by molar-refractivity contribution is 5.65. The van der Waals surface area contributed by atoms with Gasteiger partial charge in [0.05, 0.1) is 7.11 Å². The molecule has 0 amide bonds. The Bertz CT molecular complexity index is 477. The molecule has 0 aliphatic rings. The Labute approximate surface area is 102 Å². The van der Waals surface area contributed by atoms with Gasteiger partial charge in [-0.25, -0.2) is 0 Å². The first kappa shape index (κ1) is 11.7. The average molecular weight is 227 g/mol. The van der Waals surface area contributed by atoms with Crippen molar-refractivity contribution in [1.82, 2.24) is 0 Å². The summed E-state index contributed by atoms with van der Waals surface area (Å²) >= 11 is 0. The maximum Gasteiger partial charge on any atom is 0.119 e. The molecule has 0 aromatic heterocycles. The second kappa shape index (κ2) is 5.51. The van der Waals surface area contributed by atoms with Crippen LogP contribution in [-0.2, 0) is 6.42 Å². The zero-order chi connectivity index (χ0) is 12.1. The first-order valence-electron chi connectivity index (χ1n) is 5.77. The molecule has 2 nitrogen and oxygen atoms in total. The van der Waals surface area contributed by atoms with Crippen molar-refractivity contribution in [1.29, 1.82) is 0 Å². The lowest BCUT2D eigenvalue weighted by Gasteiger charge is -2.06. The van der Waals surface area contributed by atoms with E-state index >= 15 is 0 Å². The van der Waals surface area contributed by atoms with Crippen LogP contribution < -0.4 is 10.5 Å². The second-order valence-corrected chi connectivity index (χ2v) is 3.97. The van der Waals surface area contributed by atoms with Crippen LogP contribution in [0.3, 0.4) is 0 Å². The largest absolute Gasteiger partial charge is 0.497 e. The van der Waals surface area contributed by atoms with E-state index in [1.54, 1.807) is 7.11 Å². The van der Waals surface area contributed by atoms with Gasteiger partial charge in [-0.15, -0.1) is 0 Å². The van der Waals surface area contributed by atoms with Gasteiger partial charge in [0.2, 0.25) is 0 Å². The monoisotopic (exact) mass is 227 g/mol. The third-order valence-corrected chi connectivity index (χ3v) is 2.79. The molecule has 0 aliphatic carbocycles. The van der Waals surface area contributed by atoms with Gasteiger partial charge in [-0.1, -0.05) is 36.4 Å². The molecule has 0 unspecified atom stereocenters. The predicted molar refractivity (Wildman–Crippen MR) is 71.2 cm³/mol. The number of hydrogen-bond acceptors (Lipinski definition) is 2. The second-order valence-electron chi connectivity index (χ2n) is 3.97. The van der Waals surface area contributed by atoms with Crippen molar-refractivity contribution in [3.8, 4) is 16.9 Å². The Balaban J connectivity index is 2.26. The maximum absolute atomic E-state index is 5.53. The van der Waals surface area contributed by atoms with E-state index in [9.17, 15) is 0 Å². The summed E-state index contributed by atoms with van der Waals surface area (Å²) in [5.41, 5.74) is 9.18. The molecular weight excluding hydrogens is 210 g/mol. The van der Waals surface area contributed by atoms with Crippen LogP contribution in [0.1, 0.15) is 5.56 Å². The summed E-state index contributed by atoms with van der Waals surface area (Å²) in [7, 11) is 1.68. The number of ether oxygens (including phenoxy) is 1. The predicted octanol–water partition coefficient (Wildman–Crippen LogP) is 2.86. The van der Waals surface area contributed by atoms with E-state index in [0.717, 1.165) is 12.2 Å². The van der Waals surface area contributed by atoms with Gasteiger partial charge in [-0.2, -0.15) is 0 Å². The molecule has 2 aromatic rings. The van der Waals surface area contributed by atoms with Crippen molar-refractivity contribution in [3.05, 3.63) is 54.1 Å². The summed E-state index contributed by atoms with van der Waals surface area (Å²) in [6, 6.07) is 16.6. The summed E-state index contributed by atoms with van der Waals surface area (Å²) in [5, 5.41) is 0. The minimum absolute atomic E-state index is 0.693. The third-order valence-electron chi connectivity index (χ3n) is 2.79. The lowest BCUT2D eigenvalue weighted by Crippen LogP contribution is -2.02. The van der Waals surface area contributed by atoms with Gasteiger partial charge in [-0.05, 0) is 41.8 Å². The SMILES string of the molecule is COc1cccc(-c2ccc(CCN)cc2)c1. The van der Waals surface area contributed by atoms with Crippen LogP contribution in [0, 0.1) is 0 Å². The summed E-state index contributed by atoms with van der Waals surface area (Å²) < 4.78 is 5.22. The van der Waals surface area contributed by atoms with Crippen molar-refractivity contribution < 1.29 is 4.74 Å². The molecule has 2 N–H and O–H groups in total. The number of methoxy groups -OCH3 is 1. The Morgan fingerprint density at radius 3 is 2.41 bits per heavy atom. The molecule has 0 heterocycles. The maximum atomic E-state index is 5.53. The summed E-state index contributed by atoms with van der Waals surface area (Å²) in [4.78, 5) is 0. The van der Waals surface area contributed by atoms with Crippen LogP contribution in [0.4, 0.5) is 0 Å². The first-order valence-corrected chi connectivity index (χ1v) is 5.77. The highest BCUT2D eigenvalue weighted by Crippen LogP contribution is 2.23. The first-order chi connectivity index (χ1) is 8.33. The lowest BCUT2D eigenvalue weighted by atomic mass is 10.0. The van der Waals surface area contributed by atoms with Crippen molar-refractivity contribution in [2.24, 2.45) is 5.73 Å². The Morgan fingerprint density at radius 1 is 1.00 bits per heavy atom. The molecule has 2 rings (SSSR count). The average Bonchev–Trinajstić information content (AvgIpc) is 2.40. The van der Waals surface area contributed by atoms with Gasteiger partial charge in [0.15, 0.2) is 0 Å². The number of benzene rings is 2. The Morgan fingerprint density at radius 2 is 1.76 bits per heavy atom. The zero-order valence-electron chi connectivity index (χ0n) is 10.0. The van der Waals surface area contributed by atoms with Crippen molar-refractivity contribution in [2.75, 3.05) is 13.7 Å². The zero-order valence-corrected chi connectivity index (χ0v) is 10.0. The molecular formula is C15H17NO. The van der Waals surface area contributed by atoms with E-state index in [2.05, 4.69) is 30.3 Å². The molecule has 17 heavy (non-hydrogen) atoms. The summed E-state index contributed by atoms with van der Waals surface area (Å²) in [6.07, 6.45) is 0.929. The van der Waals surface area contributed by atoms with E-state index in [1.807, 2.05) is 18.2 Å². The Hall–Kier alpha value is -1.80. The number of hydrogen-bond donors (Lipinski definition) is 1. The van der Waals surface area contributed by atoms with Gasteiger partial charge in [0, 0.05) is 0 Å². The molecule has 0 fully saturated rings. The van der Waals surface area contributed by atoms with Crippen molar-refractivity contribution >= 4 is 0 Å². The van der Waals surface area contributed by atoms with Crippen molar-refractivity contribution in [3.63, 3.8) is 0 Å². The molecule has 0 spiro atoms. The number of rotatable bonds is 4. The molecule has 2 heteroatoms. The van der Waals surface area contributed by atoms with E-state index in [0.29, 0.717) is 6.54 Å². The molecule has 0 aliphatic heterocycles. The normalized spacial score (nSPS) is 10.2. The summed E-state index contributed by atoms with van der Waals surface area (Å²) in [6.45, 7) is 0.693. The molecule has 2 aromatic carbocycles. The van der Waals surface area contributed by atoms with Crippen LogP contribution >= 0.6 is 0 Å². The summed E-state index contributed by atoms with van der Waals surface area (Å²) in [5.74, 6) is 0.883. The van der Waals surface area contributed by atoms with Crippen molar-refractivity contribution in [2.45, 2.75) is 6.42 Å². The molecule has 0 saturated carbocycles. The fourth-order valence-corrected chi connectivity index (χ4v) is 1.83. The van der Waals surface area contributed by atoms with Gasteiger partial charge >= 0.3 is 0 Å². The number of nitrogens with two attached hydrogens (primary N) is 1. The molecule has 0 saturated heterocycles. The van der Waals surface area contributed by atoms with Gasteiger partial charge in [-0.3, -0.25) is 0 Å². The van der Waals surface area contributed by atoms with Crippen LogP contribution in [0.5, 0.6) is 5.75 Å². The van der Waals surface area contributed by atoms with Gasteiger partial charge in [0.1, 0.15) is 5.75 Å². The minimum atomic E-state index is 0.693. The Kier molecular flexibility index (Phi) is 3.78. The van der Waals surface area contributed by atoms with Crippen LogP contribution in [-0.4, -0.2) is 13.7 Å². The smallest absolute Gasteiger partial charge is 0.119 e. The van der Waals surface area contributed by atoms with E-state index in [1.165, 1.54) is 16.7 Å². The van der Waals surface area contributed by atoms with Crippen LogP contribution in [0.15, 0.2) is 48.5 Å². The van der Waals surface area contributed by atoms with E-state index < -0.39 is 0 Å². The van der Waals surface area contributed by atoms with Gasteiger partial charge < -0.3 is 10.5 Å². The van der Waals surface area contributed by atoms with Crippen LogP contribution in [0.25, 0.3) is 11.1 Å². The highest BCUT2D eigenvalue weighted by Gasteiger charge is 1.99. The highest BCUT2D eigenvalue weighted by atomic mass is 16.5. The molecule has 0 bridgehead atoms. The fourth-order valence-electron chi connectivity index (χ4n) is 1.83. The quantitative estimate of drug-likeness (QED) is 0.871. The van der Waals surface area contributed by atoms with Crippen LogP contribution in [0.2, 0.25) is 0 Å².